The maximum atomic E-state index is 11.5. The average Bonchev–Trinajstić information content (AvgIpc) is 2.16. The number of benzene rings is 1. The van der Waals surface area contributed by atoms with Gasteiger partial charge >= 0.3 is 0 Å². The van der Waals surface area contributed by atoms with Crippen LogP contribution in [0, 0.1) is 0 Å². The maximum Gasteiger partial charge on any atom is 0.191 e. The molecule has 0 aliphatic heterocycles. The molecule has 4 heteroatoms. The Hall–Kier alpha value is -1.97. The molecule has 0 aliphatic carbocycles. The summed E-state index contributed by atoms with van der Waals surface area (Å²) in [5.41, 5.74) is 6.12. The lowest BCUT2D eigenvalue weighted by molar-refractivity contribution is 0.415. The molecule has 0 atom stereocenters. The van der Waals surface area contributed by atoms with Crippen molar-refractivity contribution in [2.24, 2.45) is 0 Å². The molecule has 3 N–H and O–H groups in total. The first-order valence-corrected chi connectivity index (χ1v) is 4.17. The van der Waals surface area contributed by atoms with Crippen molar-refractivity contribution < 1.29 is 4.74 Å². The van der Waals surface area contributed by atoms with Crippen molar-refractivity contribution in [1.29, 1.82) is 0 Å². The highest BCUT2D eigenvalue weighted by Crippen LogP contribution is 2.16. The Morgan fingerprint density at radius 3 is 2.86 bits per heavy atom. The van der Waals surface area contributed by atoms with Gasteiger partial charge in [-0.15, -0.1) is 0 Å². The van der Waals surface area contributed by atoms with Crippen LogP contribution in [-0.2, 0) is 0 Å². The van der Waals surface area contributed by atoms with E-state index < -0.39 is 0 Å². The molecule has 1 aromatic heterocycles. The first-order valence-electron chi connectivity index (χ1n) is 4.17. The van der Waals surface area contributed by atoms with E-state index in [0.717, 1.165) is 0 Å². The van der Waals surface area contributed by atoms with Gasteiger partial charge in [0.1, 0.15) is 11.6 Å². The van der Waals surface area contributed by atoms with Crippen molar-refractivity contribution in [3.8, 4) is 5.75 Å². The summed E-state index contributed by atoms with van der Waals surface area (Å²) < 4.78 is 5.04. The van der Waals surface area contributed by atoms with Gasteiger partial charge < -0.3 is 15.5 Å². The van der Waals surface area contributed by atoms with Gasteiger partial charge in [-0.3, -0.25) is 4.79 Å². The van der Waals surface area contributed by atoms with Crippen LogP contribution in [0.5, 0.6) is 5.75 Å². The summed E-state index contributed by atoms with van der Waals surface area (Å²) in [5.74, 6) is 1.05. The van der Waals surface area contributed by atoms with Crippen molar-refractivity contribution in [3.05, 3.63) is 34.5 Å². The third kappa shape index (κ3) is 1.31. The minimum Gasteiger partial charge on any atom is -0.497 e. The number of ether oxygens (including phenoxy) is 1. The van der Waals surface area contributed by atoms with Crippen molar-refractivity contribution in [2.75, 3.05) is 12.8 Å². The average molecular weight is 190 g/mol. The van der Waals surface area contributed by atoms with Crippen LogP contribution in [0.4, 0.5) is 5.82 Å². The summed E-state index contributed by atoms with van der Waals surface area (Å²) in [7, 11) is 1.57. The topological polar surface area (TPSA) is 68.1 Å². The zero-order valence-electron chi connectivity index (χ0n) is 7.70. The smallest absolute Gasteiger partial charge is 0.191 e. The standard InChI is InChI=1S/C10H10N2O2/c1-14-6-2-3-7-8(4-6)12-10(11)5-9(7)13/h2-5H,1H3,(H3,11,12,13). The van der Waals surface area contributed by atoms with Gasteiger partial charge in [0, 0.05) is 17.5 Å². The Labute approximate surface area is 80.3 Å². The normalized spacial score (nSPS) is 10.4. The van der Waals surface area contributed by atoms with Crippen molar-refractivity contribution >= 4 is 16.7 Å². The van der Waals surface area contributed by atoms with E-state index in [2.05, 4.69) is 4.98 Å². The van der Waals surface area contributed by atoms with E-state index in [0.29, 0.717) is 22.5 Å². The zero-order valence-corrected chi connectivity index (χ0v) is 7.70. The van der Waals surface area contributed by atoms with Gasteiger partial charge in [-0.05, 0) is 12.1 Å². The van der Waals surface area contributed by atoms with Crippen LogP contribution in [0.25, 0.3) is 10.9 Å². The predicted octanol–water partition coefficient (Wildman–Crippen LogP) is 1.12. The minimum absolute atomic E-state index is 0.0843. The lowest BCUT2D eigenvalue weighted by atomic mass is 10.2. The third-order valence-electron chi connectivity index (χ3n) is 2.06. The van der Waals surface area contributed by atoms with E-state index in [4.69, 9.17) is 10.5 Å². The van der Waals surface area contributed by atoms with Crippen LogP contribution in [0.15, 0.2) is 29.1 Å². The Bertz CT molecular complexity index is 531. The number of aromatic nitrogens is 1. The second kappa shape index (κ2) is 3.06. The fourth-order valence-corrected chi connectivity index (χ4v) is 1.38. The van der Waals surface area contributed by atoms with E-state index in [1.807, 2.05) is 0 Å². The number of pyridine rings is 1. The number of hydrogen-bond donors (Lipinski definition) is 2. The van der Waals surface area contributed by atoms with Crippen LogP contribution in [0.1, 0.15) is 0 Å². The van der Waals surface area contributed by atoms with Crippen LogP contribution in [0.3, 0.4) is 0 Å². The third-order valence-corrected chi connectivity index (χ3v) is 2.06. The molecular formula is C10H10N2O2. The Balaban J connectivity index is 2.82. The van der Waals surface area contributed by atoms with E-state index in [-0.39, 0.29) is 5.43 Å². The summed E-state index contributed by atoms with van der Waals surface area (Å²) in [6.07, 6.45) is 0. The number of nitrogen functional groups attached to an aromatic ring is 1. The van der Waals surface area contributed by atoms with Crippen molar-refractivity contribution in [1.82, 2.24) is 4.98 Å². The molecule has 0 aliphatic rings. The number of anilines is 1. The molecule has 1 heterocycles. The van der Waals surface area contributed by atoms with Crippen LogP contribution in [-0.4, -0.2) is 12.1 Å². The predicted molar refractivity (Wildman–Crippen MR) is 55.5 cm³/mol. The fourth-order valence-electron chi connectivity index (χ4n) is 1.38. The fraction of sp³-hybridized carbons (Fsp3) is 0.100. The quantitative estimate of drug-likeness (QED) is 0.708. The summed E-state index contributed by atoms with van der Waals surface area (Å²) in [4.78, 5) is 14.4. The van der Waals surface area contributed by atoms with Gasteiger partial charge in [-0.2, -0.15) is 0 Å². The van der Waals surface area contributed by atoms with E-state index >= 15 is 0 Å². The molecule has 14 heavy (non-hydrogen) atoms. The minimum atomic E-state index is -0.0843. The number of hydrogen-bond acceptors (Lipinski definition) is 3. The van der Waals surface area contributed by atoms with Crippen LogP contribution < -0.4 is 15.9 Å². The van der Waals surface area contributed by atoms with E-state index in [1.165, 1.54) is 6.07 Å². The number of methoxy groups -OCH3 is 1. The van der Waals surface area contributed by atoms with Gasteiger partial charge in [0.25, 0.3) is 0 Å². The van der Waals surface area contributed by atoms with E-state index in [1.54, 1.807) is 25.3 Å². The van der Waals surface area contributed by atoms with Crippen molar-refractivity contribution in [2.45, 2.75) is 0 Å². The Morgan fingerprint density at radius 2 is 2.14 bits per heavy atom. The van der Waals surface area contributed by atoms with E-state index in [9.17, 15) is 4.79 Å². The van der Waals surface area contributed by atoms with Gasteiger partial charge in [0.2, 0.25) is 0 Å². The highest BCUT2D eigenvalue weighted by Gasteiger charge is 2.01. The monoisotopic (exact) mass is 190 g/mol. The molecule has 2 aromatic rings. The Kier molecular flexibility index (Phi) is 1.89. The second-order valence-electron chi connectivity index (χ2n) is 3.00. The SMILES string of the molecule is COc1ccc2c(=O)cc(N)[nH]c2c1. The zero-order chi connectivity index (χ0) is 10.1. The van der Waals surface area contributed by atoms with Gasteiger partial charge in [-0.25, -0.2) is 0 Å². The summed E-state index contributed by atoms with van der Waals surface area (Å²) in [6, 6.07) is 6.57. The van der Waals surface area contributed by atoms with Gasteiger partial charge in [0.15, 0.2) is 5.43 Å². The number of aromatic amines is 1. The lowest BCUT2D eigenvalue weighted by Gasteiger charge is -2.02. The molecule has 0 fully saturated rings. The molecule has 0 saturated heterocycles. The molecule has 0 saturated carbocycles. The summed E-state index contributed by atoms with van der Waals surface area (Å²) in [6.45, 7) is 0. The van der Waals surface area contributed by atoms with Gasteiger partial charge in [-0.1, -0.05) is 0 Å². The molecule has 0 radical (unpaired) electrons. The molecular weight excluding hydrogens is 180 g/mol. The van der Waals surface area contributed by atoms with Crippen molar-refractivity contribution in [3.63, 3.8) is 0 Å². The Morgan fingerprint density at radius 1 is 1.36 bits per heavy atom. The molecule has 1 aromatic carbocycles. The first-order chi connectivity index (χ1) is 6.70. The molecule has 0 amide bonds. The lowest BCUT2D eigenvalue weighted by Crippen LogP contribution is -2.04. The highest BCUT2D eigenvalue weighted by atomic mass is 16.5. The summed E-state index contributed by atoms with van der Waals surface area (Å²) >= 11 is 0. The number of rotatable bonds is 1. The molecule has 4 nitrogen and oxygen atoms in total. The molecule has 2 rings (SSSR count). The van der Waals surface area contributed by atoms with Gasteiger partial charge in [0.05, 0.1) is 12.6 Å². The number of nitrogens with two attached hydrogens (primary N) is 1. The molecule has 0 bridgehead atoms. The number of fused-ring (bicyclic) bond motifs is 1. The highest BCUT2D eigenvalue weighted by molar-refractivity contribution is 5.81. The first kappa shape index (κ1) is 8.62. The summed E-state index contributed by atoms with van der Waals surface area (Å²) in [5, 5.41) is 0.611. The number of nitrogens with one attached hydrogen (secondary N) is 1. The maximum absolute atomic E-state index is 11.5. The molecule has 72 valence electrons. The number of H-pyrrole nitrogens is 1. The molecule has 0 spiro atoms. The van der Waals surface area contributed by atoms with Crippen LogP contribution >= 0.6 is 0 Å². The largest absolute Gasteiger partial charge is 0.497 e. The molecule has 0 unspecified atom stereocenters. The second-order valence-corrected chi connectivity index (χ2v) is 3.00. The van der Waals surface area contributed by atoms with Crippen LogP contribution in [0.2, 0.25) is 0 Å².